The summed E-state index contributed by atoms with van der Waals surface area (Å²) in [6, 6.07) is 15.8. The van der Waals surface area contributed by atoms with Gasteiger partial charge in [-0.05, 0) is 103 Å². The Hall–Kier alpha value is -6.71. The lowest BCUT2D eigenvalue weighted by Gasteiger charge is -2.27. The quantitative estimate of drug-likeness (QED) is 0.0327. The minimum absolute atomic E-state index is 0.0160. The topological polar surface area (TPSA) is 373 Å². The molecule has 82 heavy (non-hydrogen) atoms. The SMILES string of the molecule is CCCC[N+]1=C(/C=C/C(=C/C=C2/N(CCCS(=O)(=O)O)c3ccc4c(S(=O)(=O)O)cc(S(=O)(=O)O)cc4c3C2(C)C)c2ccc(C(=O)NCCC(=O)/N=c3/sc(S(N)(=O)=O)nn3C)cn2)C(C)(C)c2c1ccc1ccc(S(=O)(=O)O)cc21. The van der Waals surface area contributed by atoms with Gasteiger partial charge in [0, 0.05) is 84.6 Å². The number of nitrogens with one attached hydrogen (secondary N) is 1. The number of fused-ring (bicyclic) bond motifs is 6. The average Bonchev–Trinajstić information content (AvgIpc) is 1.75. The Labute approximate surface area is 477 Å². The molecule has 0 bridgehead atoms. The van der Waals surface area contributed by atoms with E-state index in [4.69, 9.17) is 5.14 Å². The maximum atomic E-state index is 13.5. The molecular weight excluding hydrogens is 1190 g/mol. The lowest BCUT2D eigenvalue weighted by Crippen LogP contribution is -2.28. The number of anilines is 1. The first-order valence-corrected chi connectivity index (χ1v) is 33.3. The van der Waals surface area contributed by atoms with Crippen LogP contribution in [0.2, 0.25) is 0 Å². The van der Waals surface area contributed by atoms with Gasteiger partial charge >= 0.3 is 0 Å². The number of carbonyl (C=O) groups excluding carboxylic acids is 2. The van der Waals surface area contributed by atoms with Gasteiger partial charge in [-0.3, -0.25) is 32.8 Å². The van der Waals surface area contributed by atoms with Gasteiger partial charge in [0.25, 0.3) is 56.4 Å². The van der Waals surface area contributed by atoms with Crippen LogP contribution in [0.4, 0.5) is 11.4 Å². The smallest absolute Gasteiger partial charge is 0.295 e. The zero-order valence-electron chi connectivity index (χ0n) is 44.8. The summed E-state index contributed by atoms with van der Waals surface area (Å²) in [6.07, 6.45) is 9.50. The van der Waals surface area contributed by atoms with E-state index in [1.807, 2.05) is 39.0 Å². The third kappa shape index (κ3) is 12.8. The van der Waals surface area contributed by atoms with Gasteiger partial charge in [-0.1, -0.05) is 56.7 Å². The number of primary sulfonamides is 1. The number of rotatable bonds is 19. The van der Waals surface area contributed by atoms with E-state index in [9.17, 15) is 69.9 Å². The normalized spacial score (nSPS) is 16.5. The standard InChI is InChI=1S/C52H56N8O16S6/c1-7-8-24-59-40-18-12-31-10-15-34(80(68,69)70)27-37(31)46(40)51(2,3)43(59)20-13-32(39-17-11-33(30-55-39)48(62)54-23-22-45(61)56-49-58(6)57-50(77-49)79(53,66)67)14-21-44-52(4,5)47-38-28-35(81(71,72)73)29-42(82(74,75)76)36(38)16-19-41(47)60(44)25-9-26-78(63,64)65/h10-21,27-30H,7-9,22-26H2,1-6H3,(H6-,53,54,62,63,64,65,66,67,68,69,70,71,72,73,74,75,76)/p+1/b56-49+. The molecule has 4 heterocycles. The predicted octanol–water partition coefficient (Wildman–Crippen LogP) is 5.59. The fraction of sp³-hybridized carbons (Fsp3) is 0.308. The molecule has 8 rings (SSSR count). The molecule has 2 aromatic heterocycles. The van der Waals surface area contributed by atoms with Crippen LogP contribution in [0.15, 0.2) is 127 Å². The second kappa shape index (κ2) is 22.5. The molecule has 7 N–H and O–H groups in total. The predicted molar refractivity (Wildman–Crippen MR) is 306 cm³/mol. The van der Waals surface area contributed by atoms with E-state index < -0.39 is 93.0 Å². The van der Waals surface area contributed by atoms with Crippen LogP contribution >= 0.6 is 11.3 Å². The van der Waals surface area contributed by atoms with Gasteiger partial charge in [0.2, 0.25) is 20.7 Å². The number of sulfonamides is 1. The number of unbranched alkanes of at least 4 members (excludes halogenated alkanes) is 1. The van der Waals surface area contributed by atoms with Crippen molar-refractivity contribution in [2.75, 3.05) is 30.3 Å². The van der Waals surface area contributed by atoms with E-state index in [0.29, 0.717) is 57.5 Å². The van der Waals surface area contributed by atoms with Crippen LogP contribution in [-0.2, 0) is 73.2 Å². The van der Waals surface area contributed by atoms with E-state index >= 15 is 0 Å². The highest BCUT2D eigenvalue weighted by Crippen LogP contribution is 2.52. The van der Waals surface area contributed by atoms with Gasteiger partial charge in [-0.2, -0.15) is 43.2 Å². The van der Waals surface area contributed by atoms with Crippen molar-refractivity contribution in [2.45, 2.75) is 90.2 Å². The van der Waals surface area contributed by atoms with Gasteiger partial charge in [0.1, 0.15) is 11.4 Å². The highest BCUT2D eigenvalue weighted by molar-refractivity contribution is 7.91. The Morgan fingerprint density at radius 1 is 0.805 bits per heavy atom. The average molecular weight is 1240 g/mol. The van der Waals surface area contributed by atoms with Crippen LogP contribution in [0.1, 0.15) is 87.5 Å². The fourth-order valence-electron chi connectivity index (χ4n) is 10.3. The van der Waals surface area contributed by atoms with Gasteiger partial charge < -0.3 is 10.2 Å². The van der Waals surface area contributed by atoms with E-state index in [2.05, 4.69) is 25.0 Å². The van der Waals surface area contributed by atoms with Crippen LogP contribution in [0.3, 0.4) is 0 Å². The third-order valence-electron chi connectivity index (χ3n) is 14.0. The van der Waals surface area contributed by atoms with Crippen LogP contribution in [-0.4, -0.2) is 123 Å². The summed E-state index contributed by atoms with van der Waals surface area (Å²) in [5.74, 6) is -1.96. The number of allylic oxidation sites excluding steroid dienone is 6. The number of hydrogen-bond donors (Lipinski definition) is 6. The number of aromatic nitrogens is 3. The van der Waals surface area contributed by atoms with Gasteiger partial charge in [0.05, 0.1) is 32.2 Å². The van der Waals surface area contributed by atoms with Crippen LogP contribution < -0.4 is 20.2 Å². The molecule has 24 nitrogen and oxygen atoms in total. The molecule has 0 unspecified atom stereocenters. The van der Waals surface area contributed by atoms with Crippen molar-refractivity contribution in [2.24, 2.45) is 17.2 Å². The second-order valence-corrected chi connectivity index (χ2v) is 28.9. The first-order valence-electron chi connectivity index (χ1n) is 25.0. The summed E-state index contributed by atoms with van der Waals surface area (Å²) < 4.78 is 166. The van der Waals surface area contributed by atoms with E-state index in [1.165, 1.54) is 43.6 Å². The number of nitrogens with zero attached hydrogens (tertiary/aromatic N) is 6. The zero-order valence-corrected chi connectivity index (χ0v) is 49.7. The Bertz CT molecular complexity index is 4470. The van der Waals surface area contributed by atoms with Crippen molar-refractivity contribution in [3.8, 4) is 0 Å². The molecule has 2 aliphatic heterocycles. The Kier molecular flexibility index (Phi) is 16.8. The minimum atomic E-state index is -5.10. The number of benzene rings is 4. The highest BCUT2D eigenvalue weighted by atomic mass is 32.3. The third-order valence-corrected chi connectivity index (χ3v) is 19.7. The first kappa shape index (κ1) is 61.4. The van der Waals surface area contributed by atoms with Gasteiger partial charge in [-0.25, -0.2) is 18.2 Å². The summed E-state index contributed by atoms with van der Waals surface area (Å²) in [5, 5.41) is 12.8. The number of carbonyl (C=O) groups is 2. The molecule has 2 amide bonds. The number of aryl methyl sites for hydroxylation is 1. The Morgan fingerprint density at radius 3 is 2.10 bits per heavy atom. The highest BCUT2D eigenvalue weighted by Gasteiger charge is 2.46. The lowest BCUT2D eigenvalue weighted by atomic mass is 9.79. The van der Waals surface area contributed by atoms with Crippen LogP contribution in [0.5, 0.6) is 0 Å². The molecule has 0 saturated carbocycles. The number of amides is 2. The molecule has 0 saturated heterocycles. The van der Waals surface area contributed by atoms with Crippen molar-refractivity contribution in [3.63, 3.8) is 0 Å². The molecule has 4 aromatic carbocycles. The molecule has 2 aliphatic rings. The molecule has 6 aromatic rings. The van der Waals surface area contributed by atoms with E-state index in [-0.39, 0.29) is 52.0 Å². The minimum Gasteiger partial charge on any atom is -0.351 e. The summed E-state index contributed by atoms with van der Waals surface area (Å²) in [5.41, 5.74) is 2.29. The van der Waals surface area contributed by atoms with Crippen molar-refractivity contribution in [1.82, 2.24) is 20.1 Å². The van der Waals surface area contributed by atoms with Crippen molar-refractivity contribution in [3.05, 3.63) is 130 Å². The number of hydrogen-bond acceptors (Lipinski definition) is 16. The molecule has 436 valence electrons. The Balaban J connectivity index is 1.26. The lowest BCUT2D eigenvalue weighted by molar-refractivity contribution is -0.438. The molecular formula is C52H57N8O16S6+. The van der Waals surface area contributed by atoms with E-state index in [0.717, 1.165) is 45.9 Å². The maximum absolute atomic E-state index is 13.5. The molecule has 0 spiro atoms. The van der Waals surface area contributed by atoms with Gasteiger partial charge in [-0.15, -0.1) is 5.10 Å². The zero-order chi connectivity index (χ0) is 60.3. The summed E-state index contributed by atoms with van der Waals surface area (Å²) in [4.78, 5) is 34.5. The molecule has 30 heteroatoms. The molecule has 0 aliphatic carbocycles. The second-order valence-electron chi connectivity index (χ2n) is 20.4. The summed E-state index contributed by atoms with van der Waals surface area (Å²) in [7, 11) is -22.0. The van der Waals surface area contributed by atoms with Crippen molar-refractivity contribution in [1.29, 1.82) is 0 Å². The van der Waals surface area contributed by atoms with Gasteiger partial charge in [0.15, 0.2) is 5.71 Å². The summed E-state index contributed by atoms with van der Waals surface area (Å²) in [6.45, 7) is 9.78. The first-order chi connectivity index (χ1) is 38.0. The fourth-order valence-corrected chi connectivity index (χ4v) is 14.2. The summed E-state index contributed by atoms with van der Waals surface area (Å²) >= 11 is 0.591. The molecule has 0 atom stereocenters. The number of pyridine rings is 1. The van der Waals surface area contributed by atoms with Crippen molar-refractivity contribution >= 4 is 118 Å². The van der Waals surface area contributed by atoms with Crippen molar-refractivity contribution < 1.29 is 74.5 Å². The Morgan fingerprint density at radius 2 is 1.49 bits per heavy atom. The van der Waals surface area contributed by atoms with Crippen LogP contribution in [0, 0.1) is 0 Å². The maximum Gasteiger partial charge on any atom is 0.295 e. The monoisotopic (exact) mass is 1240 g/mol. The van der Waals surface area contributed by atoms with Crippen LogP contribution in [0.25, 0.3) is 27.1 Å². The van der Waals surface area contributed by atoms with E-state index in [1.54, 1.807) is 49.1 Å². The largest absolute Gasteiger partial charge is 0.351 e. The molecule has 0 radical (unpaired) electrons. The molecule has 0 fully saturated rings. The number of nitrogens with two attached hydrogens (primary N) is 1.